The van der Waals surface area contributed by atoms with Crippen molar-refractivity contribution in [3.63, 3.8) is 0 Å². The van der Waals surface area contributed by atoms with Crippen LogP contribution in [0.4, 0.5) is 0 Å². The maximum Gasteiger partial charge on any atom is 0.114 e. The molecule has 1 aliphatic rings. The Kier molecular flexibility index (Phi) is 3.56. The van der Waals surface area contributed by atoms with Crippen molar-refractivity contribution in [3.8, 4) is 0 Å². The molecule has 0 aromatic carbocycles. The summed E-state index contributed by atoms with van der Waals surface area (Å²) in [4.78, 5) is 0. The van der Waals surface area contributed by atoms with E-state index in [0.717, 1.165) is 17.8 Å². The van der Waals surface area contributed by atoms with Crippen molar-refractivity contribution in [1.82, 2.24) is 0 Å². The quantitative estimate of drug-likeness (QED) is 0.495. The summed E-state index contributed by atoms with van der Waals surface area (Å²) in [5, 5.41) is 0. The van der Waals surface area contributed by atoms with Crippen molar-refractivity contribution in [3.05, 3.63) is 24.5 Å². The van der Waals surface area contributed by atoms with E-state index in [1.807, 2.05) is 6.92 Å². The maximum absolute atomic E-state index is 5.99. The third kappa shape index (κ3) is 2.05. The Morgan fingerprint density at radius 1 is 1.31 bits per heavy atom. The standard InChI is InChI=1S/C15H26O/c1-8-15(7)10-9-13(14(15,5)6)16-12(4)11(2)3/h13H,2,4,8-10H2,1,3,5-7H3. The minimum atomic E-state index is 0.208. The van der Waals surface area contributed by atoms with E-state index in [-0.39, 0.29) is 11.5 Å². The minimum Gasteiger partial charge on any atom is -0.490 e. The van der Waals surface area contributed by atoms with Crippen LogP contribution >= 0.6 is 0 Å². The van der Waals surface area contributed by atoms with Gasteiger partial charge in [-0.15, -0.1) is 0 Å². The smallest absolute Gasteiger partial charge is 0.114 e. The second-order valence-electron chi connectivity index (χ2n) is 5.98. The molecule has 2 unspecified atom stereocenters. The summed E-state index contributed by atoms with van der Waals surface area (Å²) >= 11 is 0. The van der Waals surface area contributed by atoms with Crippen molar-refractivity contribution in [2.24, 2.45) is 10.8 Å². The molecule has 2 atom stereocenters. The van der Waals surface area contributed by atoms with Gasteiger partial charge >= 0.3 is 0 Å². The Morgan fingerprint density at radius 2 is 1.88 bits per heavy atom. The Bertz CT molecular complexity index is 301. The lowest BCUT2D eigenvalue weighted by molar-refractivity contribution is -0.00876. The summed E-state index contributed by atoms with van der Waals surface area (Å²) in [5.74, 6) is 0.749. The van der Waals surface area contributed by atoms with Crippen LogP contribution in [0.2, 0.25) is 0 Å². The fourth-order valence-corrected chi connectivity index (χ4v) is 2.63. The van der Waals surface area contributed by atoms with Crippen molar-refractivity contribution in [2.75, 3.05) is 0 Å². The molecule has 16 heavy (non-hydrogen) atoms. The van der Waals surface area contributed by atoms with Gasteiger partial charge in [-0.3, -0.25) is 0 Å². The first-order valence-corrected chi connectivity index (χ1v) is 6.26. The Morgan fingerprint density at radius 3 is 2.25 bits per heavy atom. The molecule has 0 aliphatic heterocycles. The Labute approximate surface area is 101 Å². The first-order valence-electron chi connectivity index (χ1n) is 6.26. The molecule has 0 aromatic heterocycles. The Balaban J connectivity index is 2.79. The van der Waals surface area contributed by atoms with E-state index in [4.69, 9.17) is 4.74 Å². The van der Waals surface area contributed by atoms with E-state index in [2.05, 4.69) is 40.9 Å². The first kappa shape index (κ1) is 13.3. The van der Waals surface area contributed by atoms with Gasteiger partial charge in [-0.05, 0) is 30.8 Å². The van der Waals surface area contributed by atoms with Crippen molar-refractivity contribution in [2.45, 2.75) is 60.0 Å². The third-order valence-electron chi connectivity index (χ3n) is 4.86. The SMILES string of the molecule is C=C(C)C(=C)OC1CCC(C)(CC)C1(C)C. The average molecular weight is 222 g/mol. The highest BCUT2D eigenvalue weighted by Gasteiger charge is 2.51. The van der Waals surface area contributed by atoms with Crippen molar-refractivity contribution >= 4 is 0 Å². The molecule has 92 valence electrons. The zero-order valence-electron chi connectivity index (χ0n) is 11.5. The van der Waals surface area contributed by atoms with Crippen molar-refractivity contribution < 1.29 is 4.74 Å². The lowest BCUT2D eigenvalue weighted by Gasteiger charge is -2.41. The average Bonchev–Trinajstić information content (AvgIpc) is 2.42. The molecule has 0 radical (unpaired) electrons. The van der Waals surface area contributed by atoms with Crippen LogP contribution in [0.1, 0.15) is 53.9 Å². The molecule has 0 aromatic rings. The van der Waals surface area contributed by atoms with Gasteiger partial charge in [-0.25, -0.2) is 0 Å². The second kappa shape index (κ2) is 4.27. The van der Waals surface area contributed by atoms with Crippen LogP contribution in [-0.2, 0) is 4.74 Å². The number of hydrogen-bond acceptors (Lipinski definition) is 1. The molecule has 0 N–H and O–H groups in total. The fraction of sp³-hybridized carbons (Fsp3) is 0.733. The molecule has 0 spiro atoms. The van der Waals surface area contributed by atoms with Crippen LogP contribution in [0.15, 0.2) is 24.5 Å². The van der Waals surface area contributed by atoms with Crippen LogP contribution in [0.5, 0.6) is 0 Å². The predicted molar refractivity (Wildman–Crippen MR) is 70.2 cm³/mol. The highest BCUT2D eigenvalue weighted by Crippen LogP contribution is 2.55. The first-order chi connectivity index (χ1) is 7.24. The van der Waals surface area contributed by atoms with Gasteiger partial charge in [0.2, 0.25) is 0 Å². The van der Waals surface area contributed by atoms with Gasteiger partial charge in [0.05, 0.1) is 0 Å². The molecule has 1 fully saturated rings. The molecule has 0 bridgehead atoms. The second-order valence-corrected chi connectivity index (χ2v) is 5.98. The molecule has 1 heteroatoms. The van der Waals surface area contributed by atoms with E-state index in [1.165, 1.54) is 12.8 Å². The van der Waals surface area contributed by atoms with E-state index in [9.17, 15) is 0 Å². The van der Waals surface area contributed by atoms with Crippen molar-refractivity contribution in [1.29, 1.82) is 0 Å². The highest BCUT2D eigenvalue weighted by atomic mass is 16.5. The van der Waals surface area contributed by atoms with Crippen LogP contribution in [-0.4, -0.2) is 6.10 Å². The van der Waals surface area contributed by atoms with Crippen LogP contribution < -0.4 is 0 Å². The zero-order chi connectivity index (χ0) is 12.6. The molecule has 1 rings (SSSR count). The monoisotopic (exact) mass is 222 g/mol. The third-order valence-corrected chi connectivity index (χ3v) is 4.86. The molecule has 1 nitrogen and oxygen atoms in total. The predicted octanol–water partition coefficient (Wildman–Crippen LogP) is 4.70. The highest BCUT2D eigenvalue weighted by molar-refractivity contribution is 5.17. The molecule has 1 saturated carbocycles. The zero-order valence-corrected chi connectivity index (χ0v) is 11.5. The van der Waals surface area contributed by atoms with Gasteiger partial charge in [-0.2, -0.15) is 0 Å². The minimum absolute atomic E-state index is 0.208. The van der Waals surface area contributed by atoms with Gasteiger partial charge in [0.15, 0.2) is 0 Å². The largest absolute Gasteiger partial charge is 0.490 e. The van der Waals surface area contributed by atoms with Crippen LogP contribution in [0.3, 0.4) is 0 Å². The summed E-state index contributed by atoms with van der Waals surface area (Å²) in [6, 6.07) is 0. The summed E-state index contributed by atoms with van der Waals surface area (Å²) in [6.07, 6.45) is 3.86. The van der Waals surface area contributed by atoms with Gasteiger partial charge in [0, 0.05) is 5.41 Å². The number of hydrogen-bond donors (Lipinski definition) is 0. The van der Waals surface area contributed by atoms with Gasteiger partial charge in [0.25, 0.3) is 0 Å². The Hall–Kier alpha value is -0.720. The number of allylic oxidation sites excluding steroid dienone is 1. The summed E-state index contributed by atoms with van der Waals surface area (Å²) in [6.45, 7) is 19.0. The van der Waals surface area contributed by atoms with Crippen LogP contribution in [0.25, 0.3) is 0 Å². The van der Waals surface area contributed by atoms with Gasteiger partial charge in [0.1, 0.15) is 11.9 Å². The molecular weight excluding hydrogens is 196 g/mol. The molecule has 1 aliphatic carbocycles. The van der Waals surface area contributed by atoms with Crippen LogP contribution in [0, 0.1) is 10.8 Å². The normalized spacial score (nSPS) is 32.4. The van der Waals surface area contributed by atoms with Gasteiger partial charge < -0.3 is 4.74 Å². The lowest BCUT2D eigenvalue weighted by atomic mass is 9.67. The molecular formula is C15H26O. The summed E-state index contributed by atoms with van der Waals surface area (Å²) in [5.41, 5.74) is 1.52. The fourth-order valence-electron chi connectivity index (χ4n) is 2.63. The molecule has 0 saturated heterocycles. The molecule has 0 amide bonds. The van der Waals surface area contributed by atoms with E-state index in [1.54, 1.807) is 0 Å². The number of rotatable bonds is 4. The maximum atomic E-state index is 5.99. The van der Waals surface area contributed by atoms with E-state index < -0.39 is 0 Å². The van der Waals surface area contributed by atoms with E-state index >= 15 is 0 Å². The molecule has 0 heterocycles. The number of ether oxygens (including phenoxy) is 1. The van der Waals surface area contributed by atoms with Gasteiger partial charge in [-0.1, -0.05) is 47.3 Å². The topological polar surface area (TPSA) is 9.23 Å². The van der Waals surface area contributed by atoms with E-state index in [0.29, 0.717) is 5.41 Å². The summed E-state index contributed by atoms with van der Waals surface area (Å²) < 4.78 is 5.99. The summed E-state index contributed by atoms with van der Waals surface area (Å²) in [7, 11) is 0. The lowest BCUT2D eigenvalue weighted by Crippen LogP contribution is -2.37.